The second-order valence-electron chi connectivity index (χ2n) is 5.54. The van der Waals surface area contributed by atoms with Crippen molar-refractivity contribution in [3.05, 3.63) is 16.7 Å². The summed E-state index contributed by atoms with van der Waals surface area (Å²) < 4.78 is 37.0. The molecule has 0 spiro atoms. The van der Waals surface area contributed by atoms with Crippen LogP contribution in [0.1, 0.15) is 12.6 Å². The van der Waals surface area contributed by atoms with Crippen LogP contribution in [-0.2, 0) is 22.7 Å². The third-order valence-electron chi connectivity index (χ3n) is 3.58. The predicted molar refractivity (Wildman–Crippen MR) is 86.0 cm³/mol. The maximum Gasteiger partial charge on any atom is 0.481 e. The number of hydrogen-bond donors (Lipinski definition) is 6. The number of ether oxygens (including phenoxy) is 1. The first-order chi connectivity index (χ1) is 12.5. The van der Waals surface area contributed by atoms with Crippen LogP contribution < -0.4 is 11.3 Å². The number of H-pyrrole nitrogens is 1. The molecule has 15 nitrogen and oxygen atoms in total. The number of fused-ring (bicyclic) bond motifs is 1. The Balaban J connectivity index is 1.73. The van der Waals surface area contributed by atoms with Gasteiger partial charge in [0.1, 0.15) is 12.3 Å². The quantitative estimate of drug-likeness (QED) is 0.291. The number of hydrogen-bond acceptors (Lipinski definition) is 10. The van der Waals surface area contributed by atoms with Gasteiger partial charge in [-0.3, -0.25) is 18.9 Å². The predicted octanol–water partition coefficient (Wildman–Crippen LogP) is -1.42. The molecule has 3 heterocycles. The van der Waals surface area contributed by atoms with Gasteiger partial charge in [0.2, 0.25) is 5.95 Å². The smallest absolute Gasteiger partial charge is 0.390 e. The molecule has 4 atom stereocenters. The molecule has 0 aromatic carbocycles. The number of nitrogen functional groups attached to an aromatic ring is 1. The van der Waals surface area contributed by atoms with E-state index in [9.17, 15) is 23.9 Å². The molecule has 3 rings (SSSR count). The van der Waals surface area contributed by atoms with Gasteiger partial charge in [-0.05, 0) is 0 Å². The van der Waals surface area contributed by atoms with Crippen LogP contribution in [0.2, 0.25) is 0 Å². The van der Waals surface area contributed by atoms with Crippen LogP contribution in [0.25, 0.3) is 11.2 Å². The summed E-state index contributed by atoms with van der Waals surface area (Å²) in [5.74, 6) is -0.150. The molecule has 2 aromatic rings. The normalized spacial score (nSPS) is 25.7. The van der Waals surface area contributed by atoms with Gasteiger partial charge in [0, 0.05) is 6.42 Å². The van der Waals surface area contributed by atoms with Crippen LogP contribution in [0, 0.1) is 0 Å². The Bertz CT molecular complexity index is 1000. The van der Waals surface area contributed by atoms with E-state index in [2.05, 4.69) is 23.8 Å². The minimum atomic E-state index is -5.26. The number of nitrogens with two attached hydrogens (primary N) is 1. The van der Waals surface area contributed by atoms with E-state index in [0.717, 1.165) is 0 Å². The fraction of sp³-hybridized carbons (Fsp3) is 0.500. The first-order valence-electron chi connectivity index (χ1n) is 7.25. The van der Waals surface area contributed by atoms with E-state index in [0.29, 0.717) is 0 Å². The topological polar surface area (TPSA) is 232 Å². The van der Waals surface area contributed by atoms with Crippen molar-refractivity contribution in [2.24, 2.45) is 0 Å². The Morgan fingerprint density at radius 2 is 2.11 bits per heavy atom. The van der Waals surface area contributed by atoms with Gasteiger partial charge in [-0.15, -0.1) is 0 Å². The van der Waals surface area contributed by atoms with Crippen LogP contribution in [0.4, 0.5) is 5.95 Å². The number of imidazole rings is 1. The first kappa shape index (κ1) is 20.1. The summed E-state index contributed by atoms with van der Waals surface area (Å²) >= 11 is 0. The molecular weight excluding hydrogens is 412 g/mol. The third-order valence-corrected chi connectivity index (χ3v) is 5.73. The van der Waals surface area contributed by atoms with E-state index >= 15 is 0 Å². The molecule has 1 aliphatic rings. The highest BCUT2D eigenvalue weighted by Gasteiger charge is 2.39. The van der Waals surface area contributed by atoms with E-state index in [-0.39, 0.29) is 23.5 Å². The molecule has 1 saturated heterocycles. The second-order valence-corrected chi connectivity index (χ2v) is 8.37. The van der Waals surface area contributed by atoms with Gasteiger partial charge in [-0.2, -0.15) is 9.29 Å². The zero-order valence-corrected chi connectivity index (χ0v) is 15.1. The van der Waals surface area contributed by atoms with Crippen molar-refractivity contribution in [1.82, 2.24) is 19.5 Å². The highest BCUT2D eigenvalue weighted by atomic mass is 31.3. The molecule has 27 heavy (non-hydrogen) atoms. The van der Waals surface area contributed by atoms with Gasteiger partial charge < -0.3 is 30.3 Å². The molecule has 0 amide bonds. The number of rotatable bonds is 6. The molecule has 1 unspecified atom stereocenters. The molecule has 0 bridgehead atoms. The van der Waals surface area contributed by atoms with Crippen LogP contribution in [-0.4, -0.2) is 58.1 Å². The van der Waals surface area contributed by atoms with Gasteiger partial charge in [-0.1, -0.05) is 0 Å². The summed E-state index contributed by atoms with van der Waals surface area (Å²) in [5.41, 5.74) is 5.03. The average Bonchev–Trinajstić information content (AvgIpc) is 3.06. The Labute approximate surface area is 149 Å². The standard InChI is InChI=1S/C10H15N5O10P2/c11-10-13-8-7(9(17)14-10)12-3-15(8)6-1-4(16)5(24-6)2-23-27(21,22)25-26(18,19)20/h3-6,16H,1-2H2,(H,21,22)(H2,18,19,20)(H3,11,13,14,17)/t4-,5+,6-/m0/s1. The zero-order valence-electron chi connectivity index (χ0n) is 13.3. The Kier molecular flexibility index (Phi) is 5.24. The van der Waals surface area contributed by atoms with Crippen LogP contribution in [0.5, 0.6) is 0 Å². The Morgan fingerprint density at radius 1 is 1.41 bits per heavy atom. The lowest BCUT2D eigenvalue weighted by Gasteiger charge is -2.18. The highest BCUT2D eigenvalue weighted by Crippen LogP contribution is 2.57. The number of nitrogens with one attached hydrogen (secondary N) is 1. The SMILES string of the molecule is Nc1nc2c(ncn2[C@@H]2C[C@H](O)[C@@H](COP(=O)(O)OP(=O)(O)O)O2)c(=O)[nH]1. The molecular formula is C10H15N5O10P2. The lowest BCUT2D eigenvalue weighted by molar-refractivity contribution is -0.0423. The molecule has 17 heteroatoms. The number of aromatic amines is 1. The fourth-order valence-corrected chi connectivity index (χ4v) is 4.11. The number of phosphoric ester groups is 1. The van der Waals surface area contributed by atoms with Crippen molar-refractivity contribution < 1.29 is 42.5 Å². The maximum atomic E-state index is 11.8. The number of phosphoric acid groups is 2. The Hall–Kier alpha value is -1.67. The van der Waals surface area contributed by atoms with E-state index in [1.807, 2.05) is 0 Å². The summed E-state index contributed by atoms with van der Waals surface area (Å²) in [6, 6.07) is 0. The van der Waals surface area contributed by atoms with E-state index in [1.54, 1.807) is 0 Å². The van der Waals surface area contributed by atoms with Crippen molar-refractivity contribution in [3.63, 3.8) is 0 Å². The molecule has 7 N–H and O–H groups in total. The highest BCUT2D eigenvalue weighted by molar-refractivity contribution is 7.60. The van der Waals surface area contributed by atoms with Gasteiger partial charge in [0.15, 0.2) is 11.2 Å². The summed E-state index contributed by atoms with van der Waals surface area (Å²) in [7, 11) is -10.3. The number of aliphatic hydroxyl groups is 1. The largest absolute Gasteiger partial charge is 0.481 e. The molecule has 0 aliphatic carbocycles. The van der Waals surface area contributed by atoms with Crippen LogP contribution in [0.3, 0.4) is 0 Å². The van der Waals surface area contributed by atoms with Crippen LogP contribution in [0.15, 0.2) is 11.1 Å². The monoisotopic (exact) mass is 427 g/mol. The van der Waals surface area contributed by atoms with Crippen molar-refractivity contribution in [2.45, 2.75) is 24.9 Å². The molecule has 150 valence electrons. The second kappa shape index (κ2) is 7.05. The van der Waals surface area contributed by atoms with Gasteiger partial charge in [-0.25, -0.2) is 14.1 Å². The van der Waals surface area contributed by atoms with Crippen molar-refractivity contribution in [3.8, 4) is 0 Å². The van der Waals surface area contributed by atoms with Crippen LogP contribution >= 0.6 is 15.6 Å². The first-order valence-corrected chi connectivity index (χ1v) is 10.3. The van der Waals surface area contributed by atoms with Crippen molar-refractivity contribution in [2.75, 3.05) is 12.3 Å². The number of anilines is 1. The summed E-state index contributed by atoms with van der Waals surface area (Å²) in [4.78, 5) is 48.3. The molecule has 2 aromatic heterocycles. The lowest BCUT2D eigenvalue weighted by Crippen LogP contribution is -2.26. The number of aromatic nitrogens is 4. The third kappa shape index (κ3) is 4.60. The Morgan fingerprint density at radius 3 is 2.78 bits per heavy atom. The fourth-order valence-electron chi connectivity index (χ4n) is 2.52. The number of aliphatic hydroxyl groups excluding tert-OH is 1. The minimum Gasteiger partial charge on any atom is -0.390 e. The summed E-state index contributed by atoms with van der Waals surface area (Å²) in [6.07, 6.45) is -1.91. The minimum absolute atomic E-state index is 0.00288. The molecule has 0 saturated carbocycles. The lowest BCUT2D eigenvalue weighted by atomic mass is 10.2. The number of nitrogens with zero attached hydrogens (tertiary/aromatic N) is 3. The van der Waals surface area contributed by atoms with E-state index < -0.39 is 46.2 Å². The molecule has 1 aliphatic heterocycles. The summed E-state index contributed by atoms with van der Waals surface area (Å²) in [6.45, 7) is -0.700. The zero-order chi connectivity index (χ0) is 20.0. The van der Waals surface area contributed by atoms with E-state index in [1.165, 1.54) is 10.9 Å². The molecule has 1 fully saturated rings. The van der Waals surface area contributed by atoms with Crippen molar-refractivity contribution >= 4 is 32.8 Å². The van der Waals surface area contributed by atoms with Gasteiger partial charge in [0.25, 0.3) is 5.56 Å². The van der Waals surface area contributed by atoms with E-state index in [4.69, 9.17) is 20.3 Å². The summed E-state index contributed by atoms with van der Waals surface area (Å²) in [5, 5.41) is 10.1. The van der Waals surface area contributed by atoms with Crippen molar-refractivity contribution in [1.29, 1.82) is 0 Å². The maximum absolute atomic E-state index is 11.8. The van der Waals surface area contributed by atoms with Gasteiger partial charge in [0.05, 0.1) is 19.0 Å². The average molecular weight is 427 g/mol. The molecule has 0 radical (unpaired) electrons. The van der Waals surface area contributed by atoms with Gasteiger partial charge >= 0.3 is 15.6 Å².